The number of hydrogen-bond donors (Lipinski definition) is 1. The van der Waals surface area contributed by atoms with Crippen molar-refractivity contribution in [2.75, 3.05) is 25.6 Å². The summed E-state index contributed by atoms with van der Waals surface area (Å²) < 4.78 is 10.4. The van der Waals surface area contributed by atoms with E-state index in [-0.39, 0.29) is 22.9 Å². The maximum Gasteiger partial charge on any atom is 0.338 e. The van der Waals surface area contributed by atoms with Crippen LogP contribution < -0.4 is 5.73 Å². The molecule has 7 heteroatoms. The van der Waals surface area contributed by atoms with Crippen LogP contribution in [0.3, 0.4) is 0 Å². The molecule has 1 aromatic carbocycles. The van der Waals surface area contributed by atoms with Gasteiger partial charge in [-0.3, -0.25) is 10.1 Å². The van der Waals surface area contributed by atoms with Gasteiger partial charge in [-0.15, -0.1) is 0 Å². The molecular formula is C13H16N2O5. The van der Waals surface area contributed by atoms with Gasteiger partial charge in [0.15, 0.2) is 0 Å². The molecule has 0 amide bonds. The number of esters is 1. The molecule has 0 bridgehead atoms. The molecule has 0 unspecified atom stereocenters. The fourth-order valence-corrected chi connectivity index (χ4v) is 2.02. The zero-order valence-corrected chi connectivity index (χ0v) is 10.9. The first-order valence-corrected chi connectivity index (χ1v) is 6.36. The van der Waals surface area contributed by atoms with E-state index in [1.165, 1.54) is 12.1 Å². The quantitative estimate of drug-likeness (QED) is 0.390. The summed E-state index contributed by atoms with van der Waals surface area (Å²) in [4.78, 5) is 22.0. The second-order valence-electron chi connectivity index (χ2n) is 4.68. The van der Waals surface area contributed by atoms with E-state index in [1.807, 2.05) is 0 Å². The third-order valence-corrected chi connectivity index (χ3v) is 3.25. The van der Waals surface area contributed by atoms with Crippen LogP contribution in [-0.4, -0.2) is 30.7 Å². The molecular weight excluding hydrogens is 264 g/mol. The summed E-state index contributed by atoms with van der Waals surface area (Å²) in [7, 11) is 0. The number of hydrogen-bond acceptors (Lipinski definition) is 6. The largest absolute Gasteiger partial charge is 0.462 e. The number of carbonyl (C=O) groups excluding carboxylic acids is 1. The highest BCUT2D eigenvalue weighted by Crippen LogP contribution is 2.23. The Bertz CT molecular complexity index is 511. The normalized spacial score (nSPS) is 15.8. The van der Waals surface area contributed by atoms with Crippen molar-refractivity contribution in [3.63, 3.8) is 0 Å². The van der Waals surface area contributed by atoms with Gasteiger partial charge in [0.25, 0.3) is 5.69 Å². The van der Waals surface area contributed by atoms with E-state index < -0.39 is 10.9 Å². The van der Waals surface area contributed by atoms with Crippen LogP contribution in [0, 0.1) is 16.0 Å². The van der Waals surface area contributed by atoms with Crippen LogP contribution in [-0.2, 0) is 9.47 Å². The van der Waals surface area contributed by atoms with Crippen LogP contribution in [0.1, 0.15) is 23.2 Å². The van der Waals surface area contributed by atoms with Gasteiger partial charge < -0.3 is 15.2 Å². The predicted octanol–water partition coefficient (Wildman–Crippen LogP) is 1.76. The average Bonchev–Trinajstić information content (AvgIpc) is 2.46. The minimum absolute atomic E-state index is 0.0241. The fourth-order valence-electron chi connectivity index (χ4n) is 2.02. The van der Waals surface area contributed by atoms with Gasteiger partial charge in [-0.2, -0.15) is 0 Å². The smallest absolute Gasteiger partial charge is 0.338 e. The molecule has 1 aliphatic heterocycles. The molecule has 1 aromatic rings. The van der Waals surface area contributed by atoms with Crippen LogP contribution >= 0.6 is 0 Å². The Labute approximate surface area is 115 Å². The standard InChI is InChI=1S/C13H16N2O5/c14-11-2-1-10(7-12(11)15(17)18)13(16)20-8-9-3-5-19-6-4-9/h1-2,7,9H,3-6,8,14H2. The molecule has 0 aliphatic carbocycles. The van der Waals surface area contributed by atoms with Gasteiger partial charge >= 0.3 is 5.97 Å². The Kier molecular flexibility index (Phi) is 4.52. The molecule has 0 atom stereocenters. The summed E-state index contributed by atoms with van der Waals surface area (Å²) in [6, 6.07) is 3.90. The molecule has 2 N–H and O–H groups in total. The second-order valence-corrected chi connectivity index (χ2v) is 4.68. The van der Waals surface area contributed by atoms with E-state index in [2.05, 4.69) is 0 Å². The first-order chi connectivity index (χ1) is 9.58. The highest BCUT2D eigenvalue weighted by molar-refractivity contribution is 5.91. The Balaban J connectivity index is 1.98. The van der Waals surface area contributed by atoms with Crippen molar-refractivity contribution >= 4 is 17.3 Å². The zero-order valence-electron chi connectivity index (χ0n) is 10.9. The molecule has 1 aliphatic rings. The molecule has 0 aromatic heterocycles. The Morgan fingerprint density at radius 3 is 2.80 bits per heavy atom. The van der Waals surface area contributed by atoms with Crippen molar-refractivity contribution in [3.8, 4) is 0 Å². The number of benzene rings is 1. The maximum atomic E-state index is 11.9. The minimum atomic E-state index is -0.620. The first-order valence-electron chi connectivity index (χ1n) is 6.36. The Hall–Kier alpha value is -2.15. The summed E-state index contributed by atoms with van der Waals surface area (Å²) in [5, 5.41) is 10.8. The van der Waals surface area contributed by atoms with Crippen molar-refractivity contribution in [2.24, 2.45) is 5.92 Å². The molecule has 1 fully saturated rings. The molecule has 108 valence electrons. The average molecular weight is 280 g/mol. The molecule has 0 radical (unpaired) electrons. The monoisotopic (exact) mass is 280 g/mol. The van der Waals surface area contributed by atoms with E-state index in [4.69, 9.17) is 15.2 Å². The molecule has 2 rings (SSSR count). The lowest BCUT2D eigenvalue weighted by Crippen LogP contribution is -2.22. The number of nitrogen functional groups attached to an aromatic ring is 1. The van der Waals surface area contributed by atoms with Crippen molar-refractivity contribution in [3.05, 3.63) is 33.9 Å². The van der Waals surface area contributed by atoms with Crippen molar-refractivity contribution in [2.45, 2.75) is 12.8 Å². The Morgan fingerprint density at radius 1 is 1.45 bits per heavy atom. The van der Waals surface area contributed by atoms with Crippen molar-refractivity contribution in [1.29, 1.82) is 0 Å². The Morgan fingerprint density at radius 2 is 2.15 bits per heavy atom. The second kappa shape index (κ2) is 6.33. The van der Waals surface area contributed by atoms with E-state index in [9.17, 15) is 14.9 Å². The number of rotatable bonds is 4. The third-order valence-electron chi connectivity index (χ3n) is 3.25. The lowest BCUT2D eigenvalue weighted by molar-refractivity contribution is -0.383. The molecule has 1 heterocycles. The number of nitrogens with two attached hydrogens (primary N) is 1. The third kappa shape index (κ3) is 3.45. The van der Waals surface area contributed by atoms with Crippen LogP contribution in [0.2, 0.25) is 0 Å². The summed E-state index contributed by atoms with van der Waals surface area (Å²) in [6.07, 6.45) is 1.71. The number of anilines is 1. The number of ether oxygens (including phenoxy) is 2. The van der Waals surface area contributed by atoms with E-state index in [1.54, 1.807) is 0 Å². The SMILES string of the molecule is Nc1ccc(C(=O)OCC2CCOCC2)cc1[N+](=O)[O-]. The minimum Gasteiger partial charge on any atom is -0.462 e. The molecule has 0 saturated carbocycles. The summed E-state index contributed by atoms with van der Waals surface area (Å²) in [5.41, 5.74) is 5.35. The lowest BCUT2D eigenvalue weighted by Gasteiger charge is -2.21. The highest BCUT2D eigenvalue weighted by atomic mass is 16.6. The first kappa shape index (κ1) is 14.3. The van der Waals surface area contributed by atoms with Gasteiger partial charge in [-0.1, -0.05) is 0 Å². The van der Waals surface area contributed by atoms with Gasteiger partial charge in [0.2, 0.25) is 0 Å². The number of nitro benzene ring substituents is 1. The van der Waals surface area contributed by atoms with Gasteiger partial charge in [-0.25, -0.2) is 4.79 Å². The maximum absolute atomic E-state index is 11.9. The summed E-state index contributed by atoms with van der Waals surface area (Å²) >= 11 is 0. The van der Waals surface area contributed by atoms with Gasteiger partial charge in [0, 0.05) is 19.3 Å². The molecule has 0 spiro atoms. The van der Waals surface area contributed by atoms with Crippen molar-refractivity contribution in [1.82, 2.24) is 0 Å². The van der Waals surface area contributed by atoms with Crippen LogP contribution in [0.4, 0.5) is 11.4 Å². The fraction of sp³-hybridized carbons (Fsp3) is 0.462. The van der Waals surface area contributed by atoms with Gasteiger partial charge in [0.05, 0.1) is 17.1 Å². The van der Waals surface area contributed by atoms with Crippen molar-refractivity contribution < 1.29 is 19.2 Å². The zero-order chi connectivity index (χ0) is 14.5. The lowest BCUT2D eigenvalue weighted by atomic mass is 10.0. The van der Waals surface area contributed by atoms with E-state index >= 15 is 0 Å². The summed E-state index contributed by atoms with van der Waals surface area (Å²) in [6.45, 7) is 1.66. The number of nitro groups is 1. The number of nitrogens with zero attached hydrogens (tertiary/aromatic N) is 1. The molecule has 20 heavy (non-hydrogen) atoms. The van der Waals surface area contributed by atoms with Gasteiger partial charge in [-0.05, 0) is 30.9 Å². The van der Waals surface area contributed by atoms with E-state index in [0.717, 1.165) is 18.9 Å². The topological polar surface area (TPSA) is 105 Å². The van der Waals surface area contributed by atoms with Gasteiger partial charge in [0.1, 0.15) is 5.69 Å². The highest BCUT2D eigenvalue weighted by Gasteiger charge is 2.19. The molecule has 1 saturated heterocycles. The van der Waals surface area contributed by atoms with E-state index in [0.29, 0.717) is 19.8 Å². The predicted molar refractivity (Wildman–Crippen MR) is 71.3 cm³/mol. The van der Waals surface area contributed by atoms with Crippen LogP contribution in [0.25, 0.3) is 0 Å². The molecule has 7 nitrogen and oxygen atoms in total. The number of carbonyl (C=O) groups is 1. The van der Waals surface area contributed by atoms with Crippen LogP contribution in [0.15, 0.2) is 18.2 Å². The van der Waals surface area contributed by atoms with Crippen LogP contribution in [0.5, 0.6) is 0 Å². The summed E-state index contributed by atoms with van der Waals surface area (Å²) in [5.74, 6) is -0.281.